The third-order valence-corrected chi connectivity index (χ3v) is 3.04. The number of amides is 1. The molecule has 0 aliphatic carbocycles. The van der Waals surface area contributed by atoms with Gasteiger partial charge in [0.2, 0.25) is 5.91 Å². The van der Waals surface area contributed by atoms with Crippen molar-refractivity contribution in [1.82, 2.24) is 20.0 Å². The molecule has 0 bridgehead atoms. The van der Waals surface area contributed by atoms with E-state index in [-0.39, 0.29) is 5.91 Å². The molecule has 1 N–H and O–H groups in total. The maximum Gasteiger partial charge on any atom is 0.236 e. The molecule has 0 unspecified atom stereocenters. The molecular formula is C11H18N4O. The summed E-state index contributed by atoms with van der Waals surface area (Å²) in [6, 6.07) is 2.40. The summed E-state index contributed by atoms with van der Waals surface area (Å²) in [6.45, 7) is 2.11. The Morgan fingerprint density at radius 2 is 2.25 bits per heavy atom. The van der Waals surface area contributed by atoms with Gasteiger partial charge < -0.3 is 10.2 Å². The summed E-state index contributed by atoms with van der Waals surface area (Å²) in [4.78, 5) is 13.6. The molecule has 0 spiro atoms. The van der Waals surface area contributed by atoms with Crippen LogP contribution < -0.4 is 5.32 Å². The molecule has 88 valence electrons. The summed E-state index contributed by atoms with van der Waals surface area (Å²) in [6.07, 6.45) is 5.79. The summed E-state index contributed by atoms with van der Waals surface area (Å²) in [5.74, 6) is 0.196. The molecule has 2 rings (SSSR count). The number of carbonyl (C=O) groups is 1. The summed E-state index contributed by atoms with van der Waals surface area (Å²) >= 11 is 0. The number of rotatable bonds is 3. The summed E-state index contributed by atoms with van der Waals surface area (Å²) < 4.78 is 2.00. The van der Waals surface area contributed by atoms with Gasteiger partial charge in [-0.25, -0.2) is 0 Å². The summed E-state index contributed by atoms with van der Waals surface area (Å²) in [5, 5.41) is 7.14. The highest BCUT2D eigenvalue weighted by Crippen LogP contribution is 2.21. The van der Waals surface area contributed by atoms with Crippen LogP contribution in [0.25, 0.3) is 0 Å². The van der Waals surface area contributed by atoms with E-state index in [1.54, 1.807) is 13.2 Å². The van der Waals surface area contributed by atoms with Crippen LogP contribution in [-0.2, 0) is 4.79 Å². The maximum atomic E-state index is 11.6. The van der Waals surface area contributed by atoms with E-state index in [1.165, 1.54) is 0 Å². The minimum absolute atomic E-state index is 0.196. The number of carbonyl (C=O) groups excluding carboxylic acids is 1. The molecule has 0 saturated carbocycles. The van der Waals surface area contributed by atoms with E-state index in [0.29, 0.717) is 12.6 Å². The Balaban J connectivity index is 1.85. The molecule has 0 radical (unpaired) electrons. The fourth-order valence-electron chi connectivity index (χ4n) is 2.14. The van der Waals surface area contributed by atoms with Crippen LogP contribution in [0.15, 0.2) is 18.5 Å². The Hall–Kier alpha value is -1.36. The Morgan fingerprint density at radius 3 is 2.81 bits per heavy atom. The van der Waals surface area contributed by atoms with Gasteiger partial charge in [-0.3, -0.25) is 9.48 Å². The van der Waals surface area contributed by atoms with Crippen molar-refractivity contribution in [2.75, 3.05) is 26.7 Å². The van der Waals surface area contributed by atoms with Crippen molar-refractivity contribution in [2.24, 2.45) is 0 Å². The lowest BCUT2D eigenvalue weighted by Crippen LogP contribution is -2.42. The normalized spacial score (nSPS) is 17.7. The topological polar surface area (TPSA) is 50.2 Å². The summed E-state index contributed by atoms with van der Waals surface area (Å²) in [5.41, 5.74) is 0. The first kappa shape index (κ1) is 11.1. The SMILES string of the molecule is CNCC(=O)N1CCC(n2cccn2)CC1. The van der Waals surface area contributed by atoms with Crippen molar-refractivity contribution >= 4 is 5.91 Å². The van der Waals surface area contributed by atoms with Gasteiger partial charge in [-0.1, -0.05) is 0 Å². The second-order valence-corrected chi connectivity index (χ2v) is 4.13. The first-order valence-corrected chi connectivity index (χ1v) is 5.73. The van der Waals surface area contributed by atoms with Crippen LogP contribution in [0, 0.1) is 0 Å². The van der Waals surface area contributed by atoms with Gasteiger partial charge in [0.1, 0.15) is 0 Å². The van der Waals surface area contributed by atoms with Crippen LogP contribution in [0.4, 0.5) is 0 Å². The molecule has 5 heteroatoms. The van der Waals surface area contributed by atoms with Crippen LogP contribution in [-0.4, -0.2) is 47.3 Å². The van der Waals surface area contributed by atoms with E-state index in [9.17, 15) is 4.79 Å². The zero-order chi connectivity index (χ0) is 11.4. The number of nitrogens with zero attached hydrogens (tertiary/aromatic N) is 3. The Morgan fingerprint density at radius 1 is 1.50 bits per heavy atom. The van der Waals surface area contributed by atoms with Gasteiger partial charge in [0.25, 0.3) is 0 Å². The lowest BCUT2D eigenvalue weighted by Gasteiger charge is -2.32. The van der Waals surface area contributed by atoms with E-state index in [1.807, 2.05) is 21.8 Å². The number of hydrogen-bond acceptors (Lipinski definition) is 3. The first-order chi connectivity index (χ1) is 7.81. The first-order valence-electron chi connectivity index (χ1n) is 5.73. The molecule has 1 aromatic rings. The number of piperidine rings is 1. The van der Waals surface area contributed by atoms with E-state index in [0.717, 1.165) is 25.9 Å². The highest BCUT2D eigenvalue weighted by molar-refractivity contribution is 5.78. The van der Waals surface area contributed by atoms with Gasteiger partial charge in [0.05, 0.1) is 12.6 Å². The molecule has 1 saturated heterocycles. The lowest BCUT2D eigenvalue weighted by molar-refractivity contribution is -0.131. The summed E-state index contributed by atoms with van der Waals surface area (Å²) in [7, 11) is 1.80. The predicted molar refractivity (Wildman–Crippen MR) is 61.0 cm³/mol. The van der Waals surface area contributed by atoms with Crippen molar-refractivity contribution in [3.63, 3.8) is 0 Å². The van der Waals surface area contributed by atoms with Crippen molar-refractivity contribution in [3.05, 3.63) is 18.5 Å². The molecule has 5 nitrogen and oxygen atoms in total. The number of hydrogen-bond donors (Lipinski definition) is 1. The predicted octanol–water partition coefficient (Wildman–Crippen LogP) is 0.266. The van der Waals surface area contributed by atoms with Crippen LogP contribution >= 0.6 is 0 Å². The number of likely N-dealkylation sites (tertiary alicyclic amines) is 1. The second kappa shape index (κ2) is 5.12. The smallest absolute Gasteiger partial charge is 0.236 e. The molecule has 16 heavy (non-hydrogen) atoms. The lowest BCUT2D eigenvalue weighted by atomic mass is 10.1. The molecule has 0 atom stereocenters. The van der Waals surface area contributed by atoms with Gasteiger partial charge in [-0.15, -0.1) is 0 Å². The molecule has 1 fully saturated rings. The number of likely N-dealkylation sites (N-methyl/N-ethyl adjacent to an activating group) is 1. The molecule has 0 aromatic carbocycles. The largest absolute Gasteiger partial charge is 0.341 e. The minimum atomic E-state index is 0.196. The zero-order valence-corrected chi connectivity index (χ0v) is 9.59. The maximum absolute atomic E-state index is 11.6. The molecule has 2 heterocycles. The van der Waals surface area contributed by atoms with Crippen LogP contribution in [0.1, 0.15) is 18.9 Å². The minimum Gasteiger partial charge on any atom is -0.341 e. The van der Waals surface area contributed by atoms with Crippen molar-refractivity contribution in [1.29, 1.82) is 0 Å². The van der Waals surface area contributed by atoms with Crippen LogP contribution in [0.5, 0.6) is 0 Å². The highest BCUT2D eigenvalue weighted by atomic mass is 16.2. The van der Waals surface area contributed by atoms with Gasteiger partial charge >= 0.3 is 0 Å². The number of aromatic nitrogens is 2. The molecule has 1 aliphatic rings. The third kappa shape index (κ3) is 2.41. The van der Waals surface area contributed by atoms with Gasteiger partial charge in [0, 0.05) is 25.5 Å². The molecular weight excluding hydrogens is 204 g/mol. The third-order valence-electron chi connectivity index (χ3n) is 3.04. The standard InChI is InChI=1S/C11H18N4O/c1-12-9-11(16)14-7-3-10(4-8-14)15-6-2-5-13-15/h2,5-6,10,12H,3-4,7-9H2,1H3. The van der Waals surface area contributed by atoms with Gasteiger partial charge in [0.15, 0.2) is 0 Å². The molecule has 1 aromatic heterocycles. The van der Waals surface area contributed by atoms with Gasteiger partial charge in [-0.2, -0.15) is 5.10 Å². The van der Waals surface area contributed by atoms with Crippen molar-refractivity contribution < 1.29 is 4.79 Å². The quantitative estimate of drug-likeness (QED) is 0.798. The average molecular weight is 222 g/mol. The van der Waals surface area contributed by atoms with Crippen molar-refractivity contribution in [3.8, 4) is 0 Å². The Labute approximate surface area is 95.4 Å². The molecule has 1 aliphatic heterocycles. The molecule has 1 amide bonds. The van der Waals surface area contributed by atoms with E-state index in [4.69, 9.17) is 0 Å². The van der Waals surface area contributed by atoms with E-state index < -0.39 is 0 Å². The number of nitrogens with one attached hydrogen (secondary N) is 1. The Kier molecular flexibility index (Phi) is 3.56. The van der Waals surface area contributed by atoms with Crippen LogP contribution in [0.3, 0.4) is 0 Å². The Bertz CT molecular complexity index is 328. The highest BCUT2D eigenvalue weighted by Gasteiger charge is 2.23. The van der Waals surface area contributed by atoms with E-state index in [2.05, 4.69) is 10.4 Å². The fraction of sp³-hybridized carbons (Fsp3) is 0.636. The van der Waals surface area contributed by atoms with E-state index >= 15 is 0 Å². The van der Waals surface area contributed by atoms with Crippen molar-refractivity contribution in [2.45, 2.75) is 18.9 Å². The second-order valence-electron chi connectivity index (χ2n) is 4.13. The zero-order valence-electron chi connectivity index (χ0n) is 9.59. The van der Waals surface area contributed by atoms with Gasteiger partial charge in [-0.05, 0) is 26.0 Å². The monoisotopic (exact) mass is 222 g/mol. The fourth-order valence-corrected chi connectivity index (χ4v) is 2.14. The average Bonchev–Trinajstić information content (AvgIpc) is 2.83. The van der Waals surface area contributed by atoms with Crippen LogP contribution in [0.2, 0.25) is 0 Å².